The number of ether oxygens (including phenoxy) is 1. The van der Waals surface area contributed by atoms with Crippen molar-refractivity contribution < 1.29 is 22.7 Å². The van der Waals surface area contributed by atoms with Crippen molar-refractivity contribution in [2.45, 2.75) is 25.2 Å². The lowest BCUT2D eigenvalue weighted by atomic mass is 10.1. The summed E-state index contributed by atoms with van der Waals surface area (Å²) in [6.45, 7) is 7.15. The van der Waals surface area contributed by atoms with Gasteiger partial charge >= 0.3 is 6.09 Å². The number of aryl methyl sites for hydroxylation is 2. The van der Waals surface area contributed by atoms with Gasteiger partial charge in [0.2, 0.25) is 0 Å². The molecule has 2 saturated heterocycles. The van der Waals surface area contributed by atoms with Crippen LogP contribution >= 0.6 is 0 Å². The van der Waals surface area contributed by atoms with Gasteiger partial charge in [-0.2, -0.15) is 0 Å². The Morgan fingerprint density at radius 1 is 1.03 bits per heavy atom. The third-order valence-electron chi connectivity index (χ3n) is 6.19. The summed E-state index contributed by atoms with van der Waals surface area (Å²) >= 11 is 0. The van der Waals surface area contributed by atoms with E-state index in [1.165, 1.54) is 33.8 Å². The molecule has 0 aliphatic carbocycles. The first-order valence-electron chi connectivity index (χ1n) is 11.1. The number of anilines is 2. The van der Waals surface area contributed by atoms with E-state index in [-0.39, 0.29) is 23.0 Å². The lowest BCUT2D eigenvalue weighted by Crippen LogP contribution is -2.49. The van der Waals surface area contributed by atoms with Gasteiger partial charge in [-0.15, -0.1) is 0 Å². The zero-order valence-corrected chi connectivity index (χ0v) is 20.0. The number of rotatable bonds is 5. The van der Waals surface area contributed by atoms with Gasteiger partial charge < -0.3 is 14.5 Å². The second-order valence-electron chi connectivity index (χ2n) is 8.48. The number of hydrogen-bond donors (Lipinski definition) is 0. The number of nitrogens with zero attached hydrogens (tertiary/aromatic N) is 3. The van der Waals surface area contributed by atoms with Crippen LogP contribution in [0.1, 0.15) is 28.4 Å². The fraction of sp³-hybridized carbons (Fsp3) is 0.417. The van der Waals surface area contributed by atoms with Crippen LogP contribution in [-0.4, -0.2) is 70.9 Å². The van der Waals surface area contributed by atoms with E-state index in [1.807, 2.05) is 0 Å². The minimum Gasteiger partial charge on any atom is -0.447 e. The highest BCUT2D eigenvalue weighted by molar-refractivity contribution is 7.90. The predicted octanol–water partition coefficient (Wildman–Crippen LogP) is 2.88. The van der Waals surface area contributed by atoms with Crippen LogP contribution in [0.2, 0.25) is 0 Å². The van der Waals surface area contributed by atoms with E-state index < -0.39 is 15.9 Å². The van der Waals surface area contributed by atoms with Crippen molar-refractivity contribution in [3.05, 3.63) is 53.1 Å². The maximum atomic E-state index is 13.3. The van der Waals surface area contributed by atoms with Crippen molar-refractivity contribution in [2.24, 2.45) is 0 Å². The molecule has 4 rings (SSSR count). The average Bonchev–Trinajstić information content (AvgIpc) is 3.23. The quantitative estimate of drug-likeness (QED) is 0.667. The van der Waals surface area contributed by atoms with Gasteiger partial charge in [-0.3, -0.25) is 9.69 Å². The molecule has 2 fully saturated rings. The van der Waals surface area contributed by atoms with Crippen LogP contribution in [0.5, 0.6) is 0 Å². The second-order valence-corrected chi connectivity index (χ2v) is 10.5. The third kappa shape index (κ3) is 4.68. The Balaban J connectivity index is 1.55. The molecule has 2 aromatic carbocycles. The number of amides is 2. The summed E-state index contributed by atoms with van der Waals surface area (Å²) in [5.74, 6) is -0.315. The van der Waals surface area contributed by atoms with Gasteiger partial charge in [0.05, 0.1) is 17.0 Å². The molecular weight excluding hydrogens is 442 g/mol. The van der Waals surface area contributed by atoms with Gasteiger partial charge in [0.25, 0.3) is 5.91 Å². The van der Waals surface area contributed by atoms with Gasteiger partial charge in [0, 0.05) is 43.8 Å². The molecular formula is C24H29N3O5S. The lowest BCUT2D eigenvalue weighted by molar-refractivity contribution is 0.0743. The zero-order chi connectivity index (χ0) is 23.8. The highest BCUT2D eigenvalue weighted by Gasteiger charge is 2.30. The van der Waals surface area contributed by atoms with Crippen molar-refractivity contribution in [1.29, 1.82) is 0 Å². The Morgan fingerprint density at radius 3 is 2.36 bits per heavy atom. The van der Waals surface area contributed by atoms with Crippen LogP contribution in [0.15, 0.2) is 41.3 Å². The van der Waals surface area contributed by atoms with Crippen molar-refractivity contribution in [3.8, 4) is 0 Å². The average molecular weight is 472 g/mol. The van der Waals surface area contributed by atoms with E-state index in [9.17, 15) is 18.0 Å². The fourth-order valence-electron chi connectivity index (χ4n) is 4.42. The van der Waals surface area contributed by atoms with Gasteiger partial charge in [-0.25, -0.2) is 13.2 Å². The van der Waals surface area contributed by atoms with E-state index in [0.29, 0.717) is 38.4 Å². The molecule has 0 unspecified atom stereocenters. The Hall–Kier alpha value is -3.07. The van der Waals surface area contributed by atoms with Crippen molar-refractivity contribution in [3.63, 3.8) is 0 Å². The summed E-state index contributed by atoms with van der Waals surface area (Å²) in [6, 6.07) is 10.9. The van der Waals surface area contributed by atoms with Crippen LogP contribution in [-0.2, 0) is 21.0 Å². The second kappa shape index (κ2) is 9.05. The summed E-state index contributed by atoms with van der Waals surface area (Å²) < 4.78 is 30.0. The Kier molecular flexibility index (Phi) is 6.34. The van der Waals surface area contributed by atoms with Gasteiger partial charge in [-0.05, 0) is 43.2 Å². The SMILES string of the molecule is CCc1cc(C)ccc1N1CCN(C(=O)c2ccc(N3CCOC3=O)cc2S(C)(=O)=O)CC1. The molecule has 8 nitrogen and oxygen atoms in total. The Labute approximate surface area is 194 Å². The molecule has 33 heavy (non-hydrogen) atoms. The van der Waals surface area contributed by atoms with Crippen molar-refractivity contribution in [2.75, 3.05) is 55.4 Å². The molecule has 0 spiro atoms. The molecule has 0 aromatic heterocycles. The lowest BCUT2D eigenvalue weighted by Gasteiger charge is -2.37. The molecule has 0 N–H and O–H groups in total. The molecule has 0 radical (unpaired) electrons. The van der Waals surface area contributed by atoms with E-state index in [4.69, 9.17) is 4.74 Å². The number of carbonyl (C=O) groups excluding carboxylic acids is 2. The van der Waals surface area contributed by atoms with Crippen molar-refractivity contribution >= 4 is 33.2 Å². The number of sulfone groups is 1. The first-order chi connectivity index (χ1) is 15.7. The summed E-state index contributed by atoms with van der Waals surface area (Å²) in [6.07, 6.45) is 1.49. The van der Waals surface area contributed by atoms with Crippen molar-refractivity contribution in [1.82, 2.24) is 4.90 Å². The van der Waals surface area contributed by atoms with Gasteiger partial charge in [-0.1, -0.05) is 24.6 Å². The summed E-state index contributed by atoms with van der Waals surface area (Å²) in [5.41, 5.74) is 4.24. The van der Waals surface area contributed by atoms with Crippen LogP contribution in [0, 0.1) is 6.92 Å². The van der Waals surface area contributed by atoms with E-state index in [0.717, 1.165) is 12.7 Å². The molecule has 2 amide bonds. The number of cyclic esters (lactones) is 1. The summed E-state index contributed by atoms with van der Waals surface area (Å²) in [5, 5.41) is 0. The first kappa shape index (κ1) is 23.1. The molecule has 9 heteroatoms. The Morgan fingerprint density at radius 2 is 1.76 bits per heavy atom. The van der Waals surface area contributed by atoms with E-state index in [1.54, 1.807) is 11.0 Å². The normalized spacial score (nSPS) is 16.8. The minimum absolute atomic E-state index is 0.0704. The topological polar surface area (TPSA) is 87.2 Å². The molecule has 0 saturated carbocycles. The first-order valence-corrected chi connectivity index (χ1v) is 13.0. The molecule has 2 aromatic rings. The number of carbonyl (C=O) groups is 2. The molecule has 0 atom stereocenters. The monoisotopic (exact) mass is 471 g/mol. The largest absolute Gasteiger partial charge is 0.447 e. The molecule has 176 valence electrons. The van der Waals surface area contributed by atoms with E-state index >= 15 is 0 Å². The zero-order valence-electron chi connectivity index (χ0n) is 19.2. The smallest absolute Gasteiger partial charge is 0.414 e. The van der Waals surface area contributed by atoms with E-state index in [2.05, 4.69) is 36.9 Å². The summed E-state index contributed by atoms with van der Waals surface area (Å²) in [4.78, 5) is 30.5. The molecule has 2 aliphatic heterocycles. The predicted molar refractivity (Wildman–Crippen MR) is 127 cm³/mol. The fourth-order valence-corrected chi connectivity index (χ4v) is 5.31. The maximum absolute atomic E-state index is 13.3. The Bertz CT molecular complexity index is 1190. The van der Waals surface area contributed by atoms with Crippen LogP contribution < -0.4 is 9.80 Å². The standard InChI is InChI=1S/C24H29N3O5S/c1-4-18-15-17(2)5-8-21(18)25-9-11-26(12-10-25)23(28)20-7-6-19(16-22(20)33(3,30)31)27-13-14-32-24(27)29/h5-8,15-16H,4,9-14H2,1-3H3. The maximum Gasteiger partial charge on any atom is 0.414 e. The van der Waals surface area contributed by atoms with Gasteiger partial charge in [0.15, 0.2) is 9.84 Å². The van der Waals surface area contributed by atoms with Crippen LogP contribution in [0.3, 0.4) is 0 Å². The number of benzene rings is 2. The summed E-state index contributed by atoms with van der Waals surface area (Å²) in [7, 11) is -3.69. The number of hydrogen-bond acceptors (Lipinski definition) is 6. The molecule has 2 aliphatic rings. The highest BCUT2D eigenvalue weighted by Crippen LogP contribution is 2.28. The minimum atomic E-state index is -3.69. The van der Waals surface area contributed by atoms with Gasteiger partial charge in [0.1, 0.15) is 6.61 Å². The molecule has 0 bridgehead atoms. The third-order valence-corrected chi connectivity index (χ3v) is 7.33. The highest BCUT2D eigenvalue weighted by atomic mass is 32.2. The van der Waals surface area contributed by atoms with Crippen LogP contribution in [0.25, 0.3) is 0 Å². The number of piperazine rings is 1. The molecule has 2 heterocycles. The van der Waals surface area contributed by atoms with Crippen LogP contribution in [0.4, 0.5) is 16.2 Å².